The van der Waals surface area contributed by atoms with Crippen LogP contribution in [0.1, 0.15) is 11.1 Å². The molecule has 2 rings (SSSR count). The number of nitrogens with zero attached hydrogens (tertiary/aromatic N) is 1. The van der Waals surface area contributed by atoms with Crippen molar-refractivity contribution in [1.29, 1.82) is 0 Å². The standard InChI is InChI=1S/C14H19NO2S4/c1-15(2)10-8-6-7-20-14(18)9(8)13(21(5)19)12(17-4)11(10)16-3/h6-7H2,1-5H3. The maximum Gasteiger partial charge on any atom is 0.185 e. The molecule has 0 bridgehead atoms. The Labute approximate surface area is 143 Å². The fourth-order valence-electron chi connectivity index (χ4n) is 2.62. The van der Waals surface area contributed by atoms with Crippen molar-refractivity contribution in [2.24, 2.45) is 0 Å². The van der Waals surface area contributed by atoms with Gasteiger partial charge in [-0.15, -0.1) is 11.8 Å². The molecule has 21 heavy (non-hydrogen) atoms. The number of rotatable bonds is 4. The molecule has 1 heterocycles. The topological polar surface area (TPSA) is 21.7 Å². The summed E-state index contributed by atoms with van der Waals surface area (Å²) in [5.41, 5.74) is 3.39. The lowest BCUT2D eigenvalue weighted by Crippen LogP contribution is -2.21. The van der Waals surface area contributed by atoms with Crippen molar-refractivity contribution >= 4 is 54.5 Å². The molecule has 0 spiro atoms. The van der Waals surface area contributed by atoms with E-state index in [1.165, 1.54) is 5.56 Å². The lowest BCUT2D eigenvalue weighted by atomic mass is 10.0. The third-order valence-corrected chi connectivity index (χ3v) is 6.27. The van der Waals surface area contributed by atoms with Crippen molar-refractivity contribution in [3.8, 4) is 11.5 Å². The van der Waals surface area contributed by atoms with Crippen LogP contribution in [0.25, 0.3) is 0 Å². The predicted molar refractivity (Wildman–Crippen MR) is 101 cm³/mol. The summed E-state index contributed by atoms with van der Waals surface area (Å²) in [6, 6.07) is 0. The van der Waals surface area contributed by atoms with E-state index in [1.54, 1.807) is 26.0 Å². The summed E-state index contributed by atoms with van der Waals surface area (Å²) < 4.78 is 12.2. The SMILES string of the molecule is COc1c(OC)c(S(C)=S)c2c(c1N(C)C)CCSC2=S. The van der Waals surface area contributed by atoms with Crippen molar-refractivity contribution in [2.45, 2.75) is 11.3 Å². The van der Waals surface area contributed by atoms with Crippen molar-refractivity contribution in [3.05, 3.63) is 11.1 Å². The molecule has 1 atom stereocenters. The Hall–Kier alpha value is -0.370. The van der Waals surface area contributed by atoms with Crippen LogP contribution in [0.3, 0.4) is 0 Å². The molecule has 1 aromatic rings. The smallest absolute Gasteiger partial charge is 0.185 e. The van der Waals surface area contributed by atoms with E-state index in [9.17, 15) is 0 Å². The average Bonchev–Trinajstić information content (AvgIpc) is 2.44. The highest BCUT2D eigenvalue weighted by atomic mass is 32.8. The van der Waals surface area contributed by atoms with Gasteiger partial charge in [0, 0.05) is 25.4 Å². The molecular weight excluding hydrogens is 342 g/mol. The Morgan fingerprint density at radius 3 is 2.29 bits per heavy atom. The molecule has 1 aliphatic rings. The molecule has 0 aliphatic carbocycles. The molecule has 116 valence electrons. The molecule has 0 saturated carbocycles. The van der Waals surface area contributed by atoms with Gasteiger partial charge in [-0.25, -0.2) is 0 Å². The van der Waals surface area contributed by atoms with Crippen LogP contribution >= 0.6 is 24.0 Å². The first-order chi connectivity index (χ1) is 9.93. The summed E-state index contributed by atoms with van der Waals surface area (Å²) in [4.78, 5) is 3.09. The predicted octanol–water partition coefficient (Wildman–Crippen LogP) is 2.80. The summed E-state index contributed by atoms with van der Waals surface area (Å²) in [5.74, 6) is 2.48. The van der Waals surface area contributed by atoms with Crippen molar-refractivity contribution in [3.63, 3.8) is 0 Å². The van der Waals surface area contributed by atoms with E-state index in [4.69, 9.17) is 32.9 Å². The molecule has 0 amide bonds. The molecule has 3 nitrogen and oxygen atoms in total. The Bertz CT molecular complexity index is 614. The number of anilines is 1. The summed E-state index contributed by atoms with van der Waals surface area (Å²) in [6.45, 7) is 0. The van der Waals surface area contributed by atoms with Crippen LogP contribution in [-0.2, 0) is 27.1 Å². The van der Waals surface area contributed by atoms with Crippen molar-refractivity contribution in [1.82, 2.24) is 0 Å². The number of fused-ring (bicyclic) bond motifs is 1. The van der Waals surface area contributed by atoms with E-state index < -0.39 is 0 Å². The van der Waals surface area contributed by atoms with E-state index in [0.717, 1.165) is 44.0 Å². The number of benzene rings is 1. The van der Waals surface area contributed by atoms with Gasteiger partial charge in [0.05, 0.1) is 29.0 Å². The van der Waals surface area contributed by atoms with E-state index in [1.807, 2.05) is 20.4 Å². The van der Waals surface area contributed by atoms with Crippen LogP contribution in [0, 0.1) is 0 Å². The van der Waals surface area contributed by atoms with E-state index in [0.29, 0.717) is 0 Å². The van der Waals surface area contributed by atoms with Crippen molar-refractivity contribution in [2.75, 3.05) is 45.2 Å². The largest absolute Gasteiger partial charge is 0.492 e. The third kappa shape index (κ3) is 2.93. The zero-order valence-electron chi connectivity index (χ0n) is 12.8. The number of hydrogen-bond donors (Lipinski definition) is 0. The zero-order valence-corrected chi connectivity index (χ0v) is 16.1. The summed E-state index contributed by atoms with van der Waals surface area (Å²) in [5, 5.41) is 0. The molecule has 1 aliphatic heterocycles. The summed E-state index contributed by atoms with van der Waals surface area (Å²) in [6.07, 6.45) is 2.98. The van der Waals surface area contributed by atoms with Crippen LogP contribution < -0.4 is 14.4 Å². The first-order valence-electron chi connectivity index (χ1n) is 6.42. The highest BCUT2D eigenvalue weighted by Gasteiger charge is 2.31. The zero-order chi connectivity index (χ0) is 15.7. The van der Waals surface area contributed by atoms with E-state index in [-0.39, 0.29) is 9.45 Å². The summed E-state index contributed by atoms with van der Waals surface area (Å²) in [7, 11) is 6.99. The van der Waals surface area contributed by atoms with Gasteiger partial charge in [0.25, 0.3) is 0 Å². The first-order valence-corrected chi connectivity index (χ1v) is 10.4. The number of methoxy groups -OCH3 is 2. The van der Waals surface area contributed by atoms with Gasteiger partial charge in [0.15, 0.2) is 11.5 Å². The van der Waals surface area contributed by atoms with Gasteiger partial charge in [0.2, 0.25) is 0 Å². The van der Waals surface area contributed by atoms with Crippen LogP contribution in [0.15, 0.2) is 4.90 Å². The third-order valence-electron chi connectivity index (χ3n) is 3.37. The number of thiocarbonyl (C=S) groups is 1. The van der Waals surface area contributed by atoms with Crippen LogP contribution in [0.4, 0.5) is 5.69 Å². The fraction of sp³-hybridized carbons (Fsp3) is 0.500. The minimum atomic E-state index is -0.375. The molecule has 0 fully saturated rings. The van der Waals surface area contributed by atoms with Gasteiger partial charge >= 0.3 is 0 Å². The number of thioether (sulfide) groups is 1. The second kappa shape index (κ2) is 6.81. The van der Waals surface area contributed by atoms with Crippen LogP contribution in [0.5, 0.6) is 11.5 Å². The molecular formula is C14H19NO2S4. The Morgan fingerprint density at radius 1 is 1.19 bits per heavy atom. The van der Waals surface area contributed by atoms with E-state index >= 15 is 0 Å². The lowest BCUT2D eigenvalue weighted by molar-refractivity contribution is 0.348. The maximum atomic E-state index is 5.66. The Kier molecular flexibility index (Phi) is 5.51. The molecule has 0 saturated heterocycles. The van der Waals surface area contributed by atoms with Gasteiger partial charge in [-0.05, 0) is 29.4 Å². The average molecular weight is 362 g/mol. The molecule has 0 radical (unpaired) electrons. The van der Waals surface area contributed by atoms with Gasteiger partial charge in [0.1, 0.15) is 0 Å². The summed E-state index contributed by atoms with van der Waals surface area (Å²) >= 11 is 12.9. The number of ether oxygens (including phenoxy) is 2. The van der Waals surface area contributed by atoms with Gasteiger partial charge < -0.3 is 14.4 Å². The second-order valence-electron chi connectivity index (χ2n) is 4.83. The minimum absolute atomic E-state index is 0.375. The van der Waals surface area contributed by atoms with Crippen LogP contribution in [-0.4, -0.2) is 44.5 Å². The Balaban J connectivity index is 2.96. The quantitative estimate of drug-likeness (QED) is 0.764. The molecule has 1 aromatic carbocycles. The van der Waals surface area contributed by atoms with E-state index in [2.05, 4.69) is 4.90 Å². The highest BCUT2D eigenvalue weighted by molar-refractivity contribution is 8.28. The monoisotopic (exact) mass is 361 g/mol. The van der Waals surface area contributed by atoms with Gasteiger partial charge in [-0.2, -0.15) is 0 Å². The molecule has 0 aromatic heterocycles. The molecule has 1 unspecified atom stereocenters. The Morgan fingerprint density at radius 2 is 1.81 bits per heavy atom. The normalized spacial score (nSPS) is 15.4. The second-order valence-corrected chi connectivity index (χ2v) is 9.42. The fourth-order valence-corrected chi connectivity index (χ4v) is 5.51. The maximum absolute atomic E-state index is 5.66. The lowest BCUT2D eigenvalue weighted by Gasteiger charge is -2.30. The van der Waals surface area contributed by atoms with Crippen LogP contribution in [0.2, 0.25) is 0 Å². The van der Waals surface area contributed by atoms with Gasteiger partial charge in [-0.3, -0.25) is 0 Å². The van der Waals surface area contributed by atoms with Crippen molar-refractivity contribution < 1.29 is 9.47 Å². The minimum Gasteiger partial charge on any atom is -0.492 e. The number of hydrogen-bond acceptors (Lipinski definition) is 6. The highest BCUT2D eigenvalue weighted by Crippen LogP contribution is 2.49. The van der Waals surface area contributed by atoms with Gasteiger partial charge in [-0.1, -0.05) is 21.7 Å². The molecule has 7 heteroatoms. The molecule has 0 N–H and O–H groups in total. The first kappa shape index (κ1) is 17.0.